The Morgan fingerprint density at radius 1 is 1.16 bits per heavy atom. The zero-order valence-corrected chi connectivity index (χ0v) is 14.8. The van der Waals surface area contributed by atoms with Crippen LogP contribution in [0.4, 0.5) is 0 Å². The fraction of sp³-hybridized carbons (Fsp3) is 0.222. The molecular formula is C18H18N4O2S. The Kier molecular flexibility index (Phi) is 5.45. The Bertz CT molecular complexity index is 837. The van der Waals surface area contributed by atoms with E-state index in [0.29, 0.717) is 17.6 Å². The summed E-state index contributed by atoms with van der Waals surface area (Å²) < 4.78 is 7.03. The van der Waals surface area contributed by atoms with Gasteiger partial charge in [0, 0.05) is 23.6 Å². The Balaban J connectivity index is 2.02. The van der Waals surface area contributed by atoms with E-state index >= 15 is 0 Å². The molecule has 3 rings (SSSR count). The molecule has 3 aromatic rings. The molecule has 0 bridgehead atoms. The zero-order chi connectivity index (χ0) is 17.6. The lowest BCUT2D eigenvalue weighted by molar-refractivity contribution is -0.142. The van der Waals surface area contributed by atoms with Crippen LogP contribution in [0, 0.1) is 0 Å². The molecule has 6 nitrogen and oxygen atoms in total. The summed E-state index contributed by atoms with van der Waals surface area (Å²) in [6.07, 6.45) is 3.43. The second-order valence-corrected chi connectivity index (χ2v) is 6.53. The van der Waals surface area contributed by atoms with E-state index in [0.717, 1.165) is 11.3 Å². The van der Waals surface area contributed by atoms with Gasteiger partial charge >= 0.3 is 5.97 Å². The third-order valence-corrected chi connectivity index (χ3v) is 4.51. The number of thioether (sulfide) groups is 1. The SMILES string of the molecule is CCOC(=O)C(C)Sc1nnc(-c2ccncc2)n1-c1ccccc1. The maximum Gasteiger partial charge on any atom is 0.319 e. The highest BCUT2D eigenvalue weighted by molar-refractivity contribution is 8.00. The summed E-state index contributed by atoms with van der Waals surface area (Å²) in [5.41, 5.74) is 1.83. The third-order valence-electron chi connectivity index (χ3n) is 3.49. The van der Waals surface area contributed by atoms with E-state index in [4.69, 9.17) is 4.74 Å². The van der Waals surface area contributed by atoms with Gasteiger partial charge in [-0.15, -0.1) is 10.2 Å². The van der Waals surface area contributed by atoms with Crippen LogP contribution in [0.3, 0.4) is 0 Å². The average Bonchev–Trinajstić information content (AvgIpc) is 3.07. The first-order valence-corrected chi connectivity index (χ1v) is 8.83. The smallest absolute Gasteiger partial charge is 0.319 e. The van der Waals surface area contributed by atoms with Gasteiger partial charge in [0.15, 0.2) is 11.0 Å². The van der Waals surface area contributed by atoms with Crippen LogP contribution in [0.15, 0.2) is 60.0 Å². The molecule has 0 aliphatic rings. The molecule has 1 aromatic carbocycles. The molecule has 0 saturated carbocycles. The molecule has 1 atom stereocenters. The monoisotopic (exact) mass is 354 g/mol. The number of esters is 1. The zero-order valence-electron chi connectivity index (χ0n) is 14.0. The molecule has 0 spiro atoms. The normalized spacial score (nSPS) is 11.9. The number of pyridine rings is 1. The summed E-state index contributed by atoms with van der Waals surface area (Å²) in [6.45, 7) is 3.96. The molecule has 128 valence electrons. The number of benzene rings is 1. The Labute approximate surface area is 150 Å². The van der Waals surface area contributed by atoms with Crippen LogP contribution < -0.4 is 0 Å². The van der Waals surface area contributed by atoms with Gasteiger partial charge in [-0.05, 0) is 38.1 Å². The number of ether oxygens (including phenoxy) is 1. The molecule has 0 N–H and O–H groups in total. The van der Waals surface area contributed by atoms with Crippen molar-refractivity contribution in [1.82, 2.24) is 19.7 Å². The van der Waals surface area contributed by atoms with Crippen molar-refractivity contribution in [2.75, 3.05) is 6.61 Å². The van der Waals surface area contributed by atoms with Gasteiger partial charge in [0.25, 0.3) is 0 Å². The molecule has 0 saturated heterocycles. The van der Waals surface area contributed by atoms with E-state index in [1.54, 1.807) is 26.2 Å². The Hall–Kier alpha value is -2.67. The third kappa shape index (κ3) is 3.88. The predicted molar refractivity (Wildman–Crippen MR) is 96.5 cm³/mol. The van der Waals surface area contributed by atoms with Crippen LogP contribution in [-0.4, -0.2) is 37.6 Å². The molecule has 7 heteroatoms. The van der Waals surface area contributed by atoms with Crippen LogP contribution in [0.2, 0.25) is 0 Å². The molecule has 1 unspecified atom stereocenters. The lowest BCUT2D eigenvalue weighted by Crippen LogP contribution is -2.17. The summed E-state index contributed by atoms with van der Waals surface area (Å²) in [5.74, 6) is 0.438. The molecule has 0 amide bonds. The lowest BCUT2D eigenvalue weighted by atomic mass is 10.2. The van der Waals surface area contributed by atoms with E-state index in [1.807, 2.05) is 47.0 Å². The van der Waals surface area contributed by atoms with Gasteiger partial charge in [0.2, 0.25) is 0 Å². The standard InChI is InChI=1S/C18H18N4O2S/c1-3-24-17(23)13(2)25-18-21-20-16(14-9-11-19-12-10-14)22(18)15-7-5-4-6-8-15/h4-13H,3H2,1-2H3. The lowest BCUT2D eigenvalue weighted by Gasteiger charge is -2.13. The van der Waals surface area contributed by atoms with Gasteiger partial charge in [0.05, 0.1) is 6.61 Å². The summed E-state index contributed by atoms with van der Waals surface area (Å²) in [5, 5.41) is 8.89. The Morgan fingerprint density at radius 3 is 2.56 bits per heavy atom. The first kappa shape index (κ1) is 17.2. The molecular weight excluding hydrogens is 336 g/mol. The van der Waals surface area contributed by atoms with Crippen LogP contribution in [-0.2, 0) is 9.53 Å². The molecule has 2 heterocycles. The summed E-state index contributed by atoms with van der Waals surface area (Å²) in [4.78, 5) is 16.0. The summed E-state index contributed by atoms with van der Waals surface area (Å²) in [7, 11) is 0. The maximum atomic E-state index is 12.0. The van der Waals surface area contributed by atoms with Gasteiger partial charge < -0.3 is 4.74 Å². The molecule has 0 radical (unpaired) electrons. The van der Waals surface area contributed by atoms with Crippen molar-refractivity contribution in [3.05, 3.63) is 54.9 Å². The van der Waals surface area contributed by atoms with E-state index in [2.05, 4.69) is 15.2 Å². The fourth-order valence-electron chi connectivity index (χ4n) is 2.31. The van der Waals surface area contributed by atoms with Crippen LogP contribution in [0.5, 0.6) is 0 Å². The van der Waals surface area contributed by atoms with E-state index in [9.17, 15) is 4.79 Å². The predicted octanol–water partition coefficient (Wildman–Crippen LogP) is 3.37. The van der Waals surface area contributed by atoms with Crippen molar-refractivity contribution in [2.24, 2.45) is 0 Å². The molecule has 0 aliphatic heterocycles. The number of para-hydroxylation sites is 1. The van der Waals surface area contributed by atoms with Crippen molar-refractivity contribution >= 4 is 17.7 Å². The molecule has 2 aromatic heterocycles. The highest BCUT2D eigenvalue weighted by Crippen LogP contribution is 2.30. The van der Waals surface area contributed by atoms with Crippen molar-refractivity contribution < 1.29 is 9.53 Å². The second-order valence-electron chi connectivity index (χ2n) is 5.23. The van der Waals surface area contributed by atoms with Gasteiger partial charge in [-0.1, -0.05) is 30.0 Å². The number of aromatic nitrogens is 4. The highest BCUT2D eigenvalue weighted by Gasteiger charge is 2.22. The molecule has 25 heavy (non-hydrogen) atoms. The van der Waals surface area contributed by atoms with Gasteiger partial charge in [-0.2, -0.15) is 0 Å². The number of carbonyl (C=O) groups excluding carboxylic acids is 1. The first-order valence-electron chi connectivity index (χ1n) is 7.95. The van der Waals surface area contributed by atoms with E-state index in [1.165, 1.54) is 11.8 Å². The van der Waals surface area contributed by atoms with Crippen LogP contribution in [0.25, 0.3) is 17.1 Å². The minimum absolute atomic E-state index is 0.263. The van der Waals surface area contributed by atoms with Crippen LogP contribution in [0.1, 0.15) is 13.8 Å². The summed E-state index contributed by atoms with van der Waals surface area (Å²) in [6, 6.07) is 13.6. The van der Waals surface area contributed by atoms with Gasteiger partial charge in [0.1, 0.15) is 5.25 Å². The van der Waals surface area contributed by atoms with Gasteiger partial charge in [-0.3, -0.25) is 14.3 Å². The van der Waals surface area contributed by atoms with E-state index < -0.39 is 0 Å². The minimum atomic E-state index is -0.378. The highest BCUT2D eigenvalue weighted by atomic mass is 32.2. The molecule has 0 aliphatic carbocycles. The van der Waals surface area contributed by atoms with Crippen molar-refractivity contribution in [1.29, 1.82) is 0 Å². The van der Waals surface area contributed by atoms with Crippen molar-refractivity contribution in [3.8, 4) is 17.1 Å². The van der Waals surface area contributed by atoms with Crippen molar-refractivity contribution in [2.45, 2.75) is 24.3 Å². The second kappa shape index (κ2) is 7.94. The number of nitrogens with zero attached hydrogens (tertiary/aromatic N) is 4. The summed E-state index contributed by atoms with van der Waals surface area (Å²) >= 11 is 1.33. The number of carbonyl (C=O) groups is 1. The first-order chi connectivity index (χ1) is 12.2. The number of hydrogen-bond donors (Lipinski definition) is 0. The average molecular weight is 354 g/mol. The van der Waals surface area contributed by atoms with Crippen molar-refractivity contribution in [3.63, 3.8) is 0 Å². The molecule has 0 fully saturated rings. The van der Waals surface area contributed by atoms with Gasteiger partial charge in [-0.25, -0.2) is 0 Å². The maximum absolute atomic E-state index is 12.0. The quantitative estimate of drug-likeness (QED) is 0.499. The largest absolute Gasteiger partial charge is 0.465 e. The Morgan fingerprint density at radius 2 is 1.88 bits per heavy atom. The van der Waals surface area contributed by atoms with E-state index in [-0.39, 0.29) is 11.2 Å². The van der Waals surface area contributed by atoms with Crippen LogP contribution >= 0.6 is 11.8 Å². The number of rotatable bonds is 6. The fourth-order valence-corrected chi connectivity index (χ4v) is 3.18. The number of hydrogen-bond acceptors (Lipinski definition) is 6. The minimum Gasteiger partial charge on any atom is -0.465 e. The topological polar surface area (TPSA) is 69.9 Å².